The normalized spacial score (nSPS) is 17.6. The molecule has 0 radical (unpaired) electrons. The zero-order valence-electron chi connectivity index (χ0n) is 9.84. The standard InChI is InChI=1S/C13H20BrNO/c1-2-8-15-12(10-3-4-10)5-6-13-11(14)7-9-16-13/h7,9-10,12,15H,2-6,8H2,1H3. The van der Waals surface area contributed by atoms with Crippen LogP contribution in [0.15, 0.2) is 21.2 Å². The molecular formula is C13H20BrNO. The Morgan fingerprint density at radius 2 is 2.38 bits per heavy atom. The van der Waals surface area contributed by atoms with E-state index in [0.29, 0.717) is 6.04 Å². The first-order valence-corrected chi connectivity index (χ1v) is 7.05. The Hall–Kier alpha value is -0.280. The summed E-state index contributed by atoms with van der Waals surface area (Å²) in [5.74, 6) is 2.00. The second-order valence-electron chi connectivity index (χ2n) is 4.63. The summed E-state index contributed by atoms with van der Waals surface area (Å²) in [6.07, 6.45) is 8.00. The lowest BCUT2D eigenvalue weighted by atomic mass is 10.1. The maximum atomic E-state index is 5.44. The fourth-order valence-corrected chi connectivity index (χ4v) is 2.52. The average Bonchev–Trinajstić information content (AvgIpc) is 3.04. The number of hydrogen-bond acceptors (Lipinski definition) is 2. The van der Waals surface area contributed by atoms with Crippen LogP contribution in [-0.4, -0.2) is 12.6 Å². The fourth-order valence-electron chi connectivity index (χ4n) is 2.12. The van der Waals surface area contributed by atoms with Crippen LogP contribution in [0.25, 0.3) is 0 Å². The molecule has 16 heavy (non-hydrogen) atoms. The molecule has 1 saturated carbocycles. The van der Waals surface area contributed by atoms with Gasteiger partial charge in [0.2, 0.25) is 0 Å². The topological polar surface area (TPSA) is 25.2 Å². The molecule has 1 heterocycles. The quantitative estimate of drug-likeness (QED) is 0.825. The van der Waals surface area contributed by atoms with Crippen LogP contribution in [0.1, 0.15) is 38.4 Å². The third-order valence-electron chi connectivity index (χ3n) is 3.22. The maximum Gasteiger partial charge on any atom is 0.117 e. The van der Waals surface area contributed by atoms with Crippen LogP contribution < -0.4 is 5.32 Å². The average molecular weight is 286 g/mol. The maximum absolute atomic E-state index is 5.44. The van der Waals surface area contributed by atoms with Crippen molar-refractivity contribution in [3.63, 3.8) is 0 Å². The summed E-state index contributed by atoms with van der Waals surface area (Å²) in [6.45, 7) is 3.36. The molecule has 1 aliphatic carbocycles. The number of hydrogen-bond donors (Lipinski definition) is 1. The Balaban J connectivity index is 1.79. The SMILES string of the molecule is CCCNC(CCc1occc1Br)C1CC1. The van der Waals surface area contributed by atoms with E-state index in [1.54, 1.807) is 6.26 Å². The number of furan rings is 1. The van der Waals surface area contributed by atoms with Crippen molar-refractivity contribution in [3.8, 4) is 0 Å². The van der Waals surface area contributed by atoms with Crippen molar-refractivity contribution in [2.45, 2.75) is 45.1 Å². The van der Waals surface area contributed by atoms with Crippen LogP contribution in [0.5, 0.6) is 0 Å². The summed E-state index contributed by atoms with van der Waals surface area (Å²) in [7, 11) is 0. The summed E-state index contributed by atoms with van der Waals surface area (Å²) < 4.78 is 6.55. The van der Waals surface area contributed by atoms with Gasteiger partial charge in [0, 0.05) is 12.5 Å². The number of halogens is 1. The highest BCUT2D eigenvalue weighted by Crippen LogP contribution is 2.35. The first-order chi connectivity index (χ1) is 7.81. The summed E-state index contributed by atoms with van der Waals surface area (Å²) >= 11 is 3.51. The second-order valence-corrected chi connectivity index (χ2v) is 5.48. The largest absolute Gasteiger partial charge is 0.468 e. The van der Waals surface area contributed by atoms with E-state index < -0.39 is 0 Å². The third kappa shape index (κ3) is 3.36. The van der Waals surface area contributed by atoms with Crippen LogP contribution in [0.2, 0.25) is 0 Å². The van der Waals surface area contributed by atoms with Gasteiger partial charge in [0.05, 0.1) is 10.7 Å². The predicted molar refractivity (Wildman–Crippen MR) is 69.5 cm³/mol. The van der Waals surface area contributed by atoms with Crippen molar-refractivity contribution >= 4 is 15.9 Å². The van der Waals surface area contributed by atoms with Crippen LogP contribution in [0.4, 0.5) is 0 Å². The molecule has 1 aromatic heterocycles. The van der Waals surface area contributed by atoms with E-state index >= 15 is 0 Å². The lowest BCUT2D eigenvalue weighted by Gasteiger charge is -2.17. The molecule has 1 N–H and O–H groups in total. The Morgan fingerprint density at radius 1 is 1.56 bits per heavy atom. The van der Waals surface area contributed by atoms with Crippen LogP contribution in [0.3, 0.4) is 0 Å². The Kier molecular flexibility index (Phi) is 4.47. The Bertz CT molecular complexity index is 319. The molecular weight excluding hydrogens is 266 g/mol. The second kappa shape index (κ2) is 5.87. The molecule has 1 unspecified atom stereocenters. The van der Waals surface area contributed by atoms with Gasteiger partial charge in [-0.3, -0.25) is 0 Å². The van der Waals surface area contributed by atoms with Crippen molar-refractivity contribution in [1.29, 1.82) is 0 Å². The summed E-state index contributed by atoms with van der Waals surface area (Å²) in [5.41, 5.74) is 0. The summed E-state index contributed by atoms with van der Waals surface area (Å²) in [6, 6.07) is 2.66. The molecule has 3 heteroatoms. The van der Waals surface area contributed by atoms with Gasteiger partial charge in [-0.05, 0) is 60.1 Å². The van der Waals surface area contributed by atoms with Gasteiger partial charge in [-0.15, -0.1) is 0 Å². The molecule has 90 valence electrons. The monoisotopic (exact) mass is 285 g/mol. The van der Waals surface area contributed by atoms with Gasteiger partial charge in [0.15, 0.2) is 0 Å². The molecule has 1 aliphatic rings. The van der Waals surface area contributed by atoms with Crippen molar-refractivity contribution in [2.75, 3.05) is 6.54 Å². The van der Waals surface area contributed by atoms with E-state index in [4.69, 9.17) is 4.42 Å². The highest BCUT2D eigenvalue weighted by Gasteiger charge is 2.30. The highest BCUT2D eigenvalue weighted by molar-refractivity contribution is 9.10. The van der Waals surface area contributed by atoms with Gasteiger partial charge >= 0.3 is 0 Å². The van der Waals surface area contributed by atoms with Crippen LogP contribution in [0, 0.1) is 5.92 Å². The molecule has 0 aromatic carbocycles. The molecule has 0 saturated heterocycles. The minimum Gasteiger partial charge on any atom is -0.468 e. The van der Waals surface area contributed by atoms with Gasteiger partial charge < -0.3 is 9.73 Å². The molecule has 0 bridgehead atoms. The van der Waals surface area contributed by atoms with Crippen molar-refractivity contribution < 1.29 is 4.42 Å². The Labute approximate surface area is 106 Å². The minimum atomic E-state index is 0.692. The smallest absolute Gasteiger partial charge is 0.117 e. The first-order valence-electron chi connectivity index (χ1n) is 6.26. The molecule has 2 rings (SSSR count). The molecule has 0 amide bonds. The van der Waals surface area contributed by atoms with Crippen molar-refractivity contribution in [3.05, 3.63) is 22.6 Å². The summed E-state index contributed by atoms with van der Waals surface area (Å²) in [4.78, 5) is 0. The fraction of sp³-hybridized carbons (Fsp3) is 0.692. The van der Waals surface area contributed by atoms with Gasteiger partial charge in [0.25, 0.3) is 0 Å². The summed E-state index contributed by atoms with van der Waals surface area (Å²) in [5, 5.41) is 3.66. The molecule has 1 aromatic rings. The number of rotatable bonds is 7. The molecule has 2 nitrogen and oxygen atoms in total. The molecule has 0 aliphatic heterocycles. The molecule has 1 fully saturated rings. The van der Waals surface area contributed by atoms with Crippen molar-refractivity contribution in [2.24, 2.45) is 5.92 Å². The third-order valence-corrected chi connectivity index (χ3v) is 3.93. The molecule has 1 atom stereocenters. The zero-order valence-corrected chi connectivity index (χ0v) is 11.4. The predicted octanol–water partition coefficient (Wildman–Crippen LogP) is 3.75. The van der Waals surface area contributed by atoms with Crippen LogP contribution in [-0.2, 0) is 6.42 Å². The number of aryl methyl sites for hydroxylation is 1. The van der Waals surface area contributed by atoms with Crippen molar-refractivity contribution in [1.82, 2.24) is 5.32 Å². The lowest BCUT2D eigenvalue weighted by molar-refractivity contribution is 0.412. The number of nitrogens with one attached hydrogen (secondary N) is 1. The Morgan fingerprint density at radius 3 is 2.94 bits per heavy atom. The highest BCUT2D eigenvalue weighted by atomic mass is 79.9. The van der Waals surface area contributed by atoms with E-state index in [-0.39, 0.29) is 0 Å². The van der Waals surface area contributed by atoms with Gasteiger partial charge in [-0.1, -0.05) is 6.92 Å². The van der Waals surface area contributed by atoms with E-state index in [0.717, 1.165) is 29.1 Å². The van der Waals surface area contributed by atoms with E-state index in [9.17, 15) is 0 Å². The van der Waals surface area contributed by atoms with E-state index in [1.807, 2.05) is 6.07 Å². The van der Waals surface area contributed by atoms with Gasteiger partial charge in [-0.25, -0.2) is 0 Å². The van der Waals surface area contributed by atoms with Crippen LogP contribution >= 0.6 is 15.9 Å². The minimum absolute atomic E-state index is 0.692. The first kappa shape index (κ1) is 12.2. The lowest BCUT2D eigenvalue weighted by Crippen LogP contribution is -2.32. The van der Waals surface area contributed by atoms with E-state index in [1.165, 1.54) is 25.7 Å². The zero-order chi connectivity index (χ0) is 11.4. The van der Waals surface area contributed by atoms with E-state index in [2.05, 4.69) is 28.2 Å². The molecule has 0 spiro atoms. The van der Waals surface area contributed by atoms with Gasteiger partial charge in [0.1, 0.15) is 5.76 Å². The van der Waals surface area contributed by atoms with Gasteiger partial charge in [-0.2, -0.15) is 0 Å².